The van der Waals surface area contributed by atoms with Crippen LogP contribution in [0.25, 0.3) is 0 Å². The quantitative estimate of drug-likeness (QED) is 0.571. The fourth-order valence-corrected chi connectivity index (χ4v) is 2.64. The first-order valence-electron chi connectivity index (χ1n) is 12.4. The highest BCUT2D eigenvalue weighted by Crippen LogP contribution is 2.07. The van der Waals surface area contributed by atoms with E-state index in [0.717, 1.165) is 11.1 Å². The largest absolute Gasteiger partial charge is 0.292 e. The molecule has 0 aliphatic rings. The van der Waals surface area contributed by atoms with Crippen molar-refractivity contribution >= 4 is 12.4 Å². The van der Waals surface area contributed by atoms with Crippen molar-refractivity contribution in [3.05, 3.63) is 71.8 Å². The Morgan fingerprint density at radius 3 is 1.38 bits per heavy atom. The Morgan fingerprint density at radius 2 is 1.10 bits per heavy atom. The molecule has 3 heteroatoms. The van der Waals surface area contributed by atoms with Crippen LogP contribution in [-0.2, 0) is 12.8 Å². The lowest BCUT2D eigenvalue weighted by atomic mass is 10.1. The molecule has 0 saturated carbocycles. The van der Waals surface area contributed by atoms with E-state index in [1.807, 2.05) is 74.5 Å². The number of hydrogen-bond donors (Lipinski definition) is 0. The molecule has 2 rings (SSSR count). The number of hydrogen-bond acceptors (Lipinski definition) is 2. The predicted octanol–water partition coefficient (Wildman–Crippen LogP) is 4.79. The molecule has 0 aliphatic carbocycles. The third kappa shape index (κ3) is 11.4. The van der Waals surface area contributed by atoms with Crippen molar-refractivity contribution in [2.75, 3.05) is 27.0 Å². The first-order chi connectivity index (χ1) is 15.9. The molecule has 2 aromatic carbocycles. The van der Waals surface area contributed by atoms with Gasteiger partial charge in [0.1, 0.15) is 0 Å². The maximum atomic E-state index is 7.45. The molecule has 0 saturated heterocycles. The van der Waals surface area contributed by atoms with Crippen molar-refractivity contribution in [1.82, 2.24) is 9.80 Å². The fraction of sp³-hybridized carbons (Fsp3) is 0.385. The second-order valence-electron chi connectivity index (χ2n) is 6.74. The van der Waals surface area contributed by atoms with Crippen LogP contribution in [0.3, 0.4) is 0 Å². The van der Waals surface area contributed by atoms with Crippen LogP contribution in [0.5, 0.6) is 0 Å². The van der Waals surface area contributed by atoms with Crippen molar-refractivity contribution in [3.8, 4) is 24.7 Å². The van der Waals surface area contributed by atoms with Gasteiger partial charge in [-0.25, -0.2) is 0 Å². The monoisotopic (exact) mass is 416 g/mol. The lowest BCUT2D eigenvalue weighted by Gasteiger charge is -2.22. The van der Waals surface area contributed by atoms with E-state index >= 15 is 0 Å². The van der Waals surface area contributed by atoms with Crippen molar-refractivity contribution in [1.29, 1.82) is 0 Å². The summed E-state index contributed by atoms with van der Waals surface area (Å²) in [6.45, 7) is -0.219. The smallest absolute Gasteiger partial charge is 0.0598 e. The van der Waals surface area contributed by atoms with Crippen LogP contribution in [0.15, 0.2) is 60.7 Å². The van der Waals surface area contributed by atoms with Gasteiger partial charge in [0.05, 0.1) is 13.1 Å². The normalized spacial score (nSPS) is 15.9. The average Bonchev–Trinajstić information content (AvgIpc) is 2.76. The average molecular weight is 417 g/mol. The molecule has 0 radical (unpaired) electrons. The van der Waals surface area contributed by atoms with E-state index in [9.17, 15) is 0 Å². The zero-order valence-electron chi connectivity index (χ0n) is 23.2. The van der Waals surface area contributed by atoms with Gasteiger partial charge in [0.2, 0.25) is 0 Å². The minimum absolute atomic E-state index is 0. The van der Waals surface area contributed by atoms with E-state index in [4.69, 9.17) is 21.1 Å². The third-order valence-corrected chi connectivity index (χ3v) is 4.34. The molecule has 0 N–H and O–H groups in total. The minimum atomic E-state index is -2.14. The van der Waals surface area contributed by atoms with E-state index in [2.05, 4.69) is 11.8 Å². The maximum absolute atomic E-state index is 7.45. The predicted molar refractivity (Wildman–Crippen MR) is 129 cm³/mol. The molecule has 0 heterocycles. The van der Waals surface area contributed by atoms with Crippen LogP contribution < -0.4 is 0 Å². The molecule has 2 nitrogen and oxygen atoms in total. The molecule has 0 amide bonds. The summed E-state index contributed by atoms with van der Waals surface area (Å²) >= 11 is 0. The zero-order chi connectivity index (χ0) is 25.8. The fourth-order valence-electron chi connectivity index (χ4n) is 2.64. The second kappa shape index (κ2) is 15.7. The van der Waals surface area contributed by atoms with Crippen molar-refractivity contribution in [3.63, 3.8) is 0 Å². The van der Waals surface area contributed by atoms with Crippen LogP contribution in [0.1, 0.15) is 33.2 Å². The molecule has 2 atom stereocenters. The minimum Gasteiger partial charge on any atom is -0.292 e. The Kier molecular flexibility index (Phi) is 9.51. The Morgan fingerprint density at radius 1 is 0.759 bits per heavy atom. The van der Waals surface area contributed by atoms with Gasteiger partial charge in [0, 0.05) is 20.3 Å². The molecule has 29 heavy (non-hydrogen) atoms. The summed E-state index contributed by atoms with van der Waals surface area (Å²) in [5, 5.41) is 0. The first kappa shape index (κ1) is 17.6. The maximum Gasteiger partial charge on any atom is 0.0598 e. The number of nitrogens with zero attached hydrogens (tertiary/aromatic N) is 2. The Balaban J connectivity index is 0.000000642. The Hall–Kier alpha value is -2.23. The second-order valence-corrected chi connectivity index (χ2v) is 6.74. The molecule has 0 aromatic heterocycles. The Labute approximate surface area is 193 Å². The van der Waals surface area contributed by atoms with Crippen LogP contribution >= 0.6 is 12.4 Å². The van der Waals surface area contributed by atoms with Gasteiger partial charge in [-0.2, -0.15) is 0 Å². The van der Waals surface area contributed by atoms with Crippen LogP contribution in [-0.4, -0.2) is 48.9 Å². The topological polar surface area (TPSA) is 6.48 Å². The summed E-state index contributed by atoms with van der Waals surface area (Å²) in [7, 11) is 0. The summed E-state index contributed by atoms with van der Waals surface area (Å²) in [5.74, 6) is 4.81. The van der Waals surface area contributed by atoms with E-state index < -0.39 is 14.0 Å². The van der Waals surface area contributed by atoms with Gasteiger partial charge in [-0.15, -0.1) is 25.3 Å². The molecule has 156 valence electrons. The summed E-state index contributed by atoms with van der Waals surface area (Å²) in [5.41, 5.74) is 2.23. The summed E-state index contributed by atoms with van der Waals surface area (Å²) < 4.78 is 44.7. The van der Waals surface area contributed by atoms with Gasteiger partial charge in [0.15, 0.2) is 0 Å². The zero-order valence-corrected chi connectivity index (χ0v) is 18.0. The number of benzene rings is 2. The molecular formula is C26H35ClN2. The highest BCUT2D eigenvalue weighted by atomic mass is 35.5. The van der Waals surface area contributed by atoms with E-state index in [-0.39, 0.29) is 37.6 Å². The van der Waals surface area contributed by atoms with Crippen LogP contribution in [0.2, 0.25) is 0 Å². The lowest BCUT2D eigenvalue weighted by Crippen LogP contribution is -2.31. The van der Waals surface area contributed by atoms with Gasteiger partial charge in [-0.3, -0.25) is 9.80 Å². The van der Waals surface area contributed by atoms with Gasteiger partial charge in [0.25, 0.3) is 0 Å². The molecular weight excluding hydrogens is 376 g/mol. The van der Waals surface area contributed by atoms with Gasteiger partial charge >= 0.3 is 0 Å². The molecule has 0 fully saturated rings. The molecule has 2 aromatic rings. The number of likely N-dealkylation sites (N-methyl/N-ethyl adjacent to an activating group) is 2. The van der Waals surface area contributed by atoms with E-state index in [0.29, 0.717) is 12.8 Å². The molecule has 0 spiro atoms. The lowest BCUT2D eigenvalue weighted by molar-refractivity contribution is 0.287. The summed E-state index contributed by atoms with van der Waals surface area (Å²) in [6, 6.07) is 19.4. The number of rotatable bonds is 8. The van der Waals surface area contributed by atoms with Crippen LogP contribution in [0.4, 0.5) is 0 Å². The SMILES string of the molecule is Cl.[2H]C([2H])([2H])N(CC#C)[C@H](C)Cc1ccccc1.[2H]C([2H])([2H])N(CC#C)[C@H](C)Cc1ccccc1. The standard InChI is InChI=1S/2C13H17N.ClH/c2*1-4-10-14(3)12(2)11-13-8-6-5-7-9-13;/h2*1,5-9,12H,10-11H2,2-3H3;1H/t2*12-;/m11./s1/i2*3D3;. The van der Waals surface area contributed by atoms with Gasteiger partial charge in [-0.05, 0) is 51.8 Å². The van der Waals surface area contributed by atoms with Crippen LogP contribution in [0, 0.1) is 24.7 Å². The molecule has 0 aliphatic heterocycles. The first-order valence-corrected chi connectivity index (χ1v) is 9.38. The van der Waals surface area contributed by atoms with Crippen molar-refractivity contribution in [2.45, 2.75) is 38.8 Å². The van der Waals surface area contributed by atoms with E-state index in [1.165, 1.54) is 9.80 Å². The molecule has 0 unspecified atom stereocenters. The summed E-state index contributed by atoms with van der Waals surface area (Å²) in [6.07, 6.45) is 11.8. The molecule has 0 bridgehead atoms. The van der Waals surface area contributed by atoms with Gasteiger partial charge < -0.3 is 0 Å². The van der Waals surface area contributed by atoms with Crippen molar-refractivity contribution < 1.29 is 8.22 Å². The van der Waals surface area contributed by atoms with Gasteiger partial charge in [-0.1, -0.05) is 72.5 Å². The van der Waals surface area contributed by atoms with E-state index in [1.54, 1.807) is 0 Å². The highest BCUT2D eigenvalue weighted by Gasteiger charge is 2.08. The number of halogens is 1. The number of terminal acetylenes is 2. The summed E-state index contributed by atoms with van der Waals surface area (Å²) in [4.78, 5) is 2.75. The highest BCUT2D eigenvalue weighted by molar-refractivity contribution is 5.85. The van der Waals surface area contributed by atoms with Crippen molar-refractivity contribution in [2.24, 2.45) is 0 Å². The third-order valence-electron chi connectivity index (χ3n) is 4.34. The Bertz CT molecular complexity index is 840.